The van der Waals surface area contributed by atoms with Crippen LogP contribution in [0.4, 0.5) is 0 Å². The van der Waals surface area contributed by atoms with E-state index in [0.29, 0.717) is 35.6 Å². The van der Waals surface area contributed by atoms with Crippen LogP contribution in [0.1, 0.15) is 57.8 Å². The number of fused-ring (bicyclic) bond motifs is 4. The lowest BCUT2D eigenvalue weighted by molar-refractivity contribution is -0.144. The van der Waals surface area contributed by atoms with Crippen LogP contribution in [0.25, 0.3) is 0 Å². The number of nitrogens with one attached hydrogen (secondary N) is 2. The van der Waals surface area contributed by atoms with E-state index >= 15 is 0 Å². The van der Waals surface area contributed by atoms with Gasteiger partial charge in [0.1, 0.15) is 0 Å². The van der Waals surface area contributed by atoms with Crippen LogP contribution < -0.4 is 10.6 Å². The Hall–Kier alpha value is -0.410. The number of carbonyl (C=O) groups excluding carboxylic acids is 1. The minimum absolute atomic E-state index is 0.182. The lowest BCUT2D eigenvalue weighted by Gasteiger charge is -2.60. The first-order valence-electron chi connectivity index (χ1n) is 9.88. The summed E-state index contributed by atoms with van der Waals surface area (Å²) in [5.41, 5.74) is 0. The maximum atomic E-state index is 13.2. The molecule has 0 aromatic rings. The highest BCUT2D eigenvalue weighted by Gasteiger charge is 2.58. The van der Waals surface area contributed by atoms with Crippen molar-refractivity contribution >= 4 is 5.78 Å². The van der Waals surface area contributed by atoms with Gasteiger partial charge in [-0.3, -0.25) is 4.79 Å². The summed E-state index contributed by atoms with van der Waals surface area (Å²) in [7, 11) is 0. The highest BCUT2D eigenvalue weighted by atomic mass is 16.1. The molecule has 3 saturated carbocycles. The molecule has 0 bridgehead atoms. The molecule has 5 rings (SSSR count). The van der Waals surface area contributed by atoms with Gasteiger partial charge in [-0.25, -0.2) is 0 Å². The lowest BCUT2D eigenvalue weighted by Crippen LogP contribution is -2.72. The van der Waals surface area contributed by atoms with E-state index in [1.54, 1.807) is 0 Å². The number of ketones is 1. The van der Waals surface area contributed by atoms with Crippen molar-refractivity contribution in [3.05, 3.63) is 0 Å². The third kappa shape index (κ3) is 1.91. The summed E-state index contributed by atoms with van der Waals surface area (Å²) < 4.78 is 0. The van der Waals surface area contributed by atoms with Crippen LogP contribution in [-0.2, 0) is 4.79 Å². The first kappa shape index (κ1) is 14.0. The van der Waals surface area contributed by atoms with Gasteiger partial charge in [-0.05, 0) is 56.4 Å². The van der Waals surface area contributed by atoms with Gasteiger partial charge in [0.2, 0.25) is 0 Å². The molecule has 5 aliphatic rings. The fraction of sp³-hybridized carbons (Fsp3) is 0.947. The molecule has 0 radical (unpaired) electrons. The Labute approximate surface area is 134 Å². The fourth-order valence-corrected chi connectivity index (χ4v) is 7.07. The van der Waals surface area contributed by atoms with Crippen LogP contribution in [0.5, 0.6) is 0 Å². The molecule has 2 aliphatic heterocycles. The Morgan fingerprint density at radius 3 is 2.50 bits per heavy atom. The Bertz CT molecular complexity index is 458. The Morgan fingerprint density at radius 2 is 1.59 bits per heavy atom. The summed E-state index contributed by atoms with van der Waals surface area (Å²) in [6, 6.07) is 1.45. The minimum Gasteiger partial charge on any atom is -0.313 e. The zero-order valence-corrected chi connectivity index (χ0v) is 13.6. The van der Waals surface area contributed by atoms with E-state index in [1.165, 1.54) is 57.9 Å². The van der Waals surface area contributed by atoms with Crippen molar-refractivity contribution < 1.29 is 4.79 Å². The van der Waals surface area contributed by atoms with Gasteiger partial charge in [-0.15, -0.1) is 0 Å². The molecule has 3 aliphatic carbocycles. The van der Waals surface area contributed by atoms with Gasteiger partial charge in [0.05, 0.1) is 6.04 Å². The molecule has 8 unspecified atom stereocenters. The van der Waals surface area contributed by atoms with E-state index in [2.05, 4.69) is 10.6 Å². The van der Waals surface area contributed by atoms with E-state index < -0.39 is 0 Å². The third-order valence-electron chi connectivity index (χ3n) is 7.87. The SMILES string of the molecule is O=C1C2CCCCC2C2NCCC3C4CCCCC4NC1C32. The average Bonchev–Trinajstić information content (AvgIpc) is 2.59. The molecular formula is C19H30N2O. The molecule has 0 aromatic carbocycles. The molecule has 2 saturated heterocycles. The summed E-state index contributed by atoms with van der Waals surface area (Å²) in [4.78, 5) is 13.2. The van der Waals surface area contributed by atoms with Gasteiger partial charge < -0.3 is 10.6 Å². The van der Waals surface area contributed by atoms with Gasteiger partial charge in [0.25, 0.3) is 0 Å². The Morgan fingerprint density at radius 1 is 0.818 bits per heavy atom. The van der Waals surface area contributed by atoms with Gasteiger partial charge in [0.15, 0.2) is 5.78 Å². The summed E-state index contributed by atoms with van der Waals surface area (Å²) in [5, 5.41) is 7.75. The van der Waals surface area contributed by atoms with Crippen molar-refractivity contribution in [1.82, 2.24) is 10.6 Å². The minimum atomic E-state index is 0.182. The van der Waals surface area contributed by atoms with E-state index in [0.717, 1.165) is 18.3 Å². The van der Waals surface area contributed by atoms with Crippen LogP contribution in [0.3, 0.4) is 0 Å². The molecule has 8 atom stereocenters. The van der Waals surface area contributed by atoms with Gasteiger partial charge >= 0.3 is 0 Å². The lowest BCUT2D eigenvalue weighted by atomic mass is 9.53. The maximum absolute atomic E-state index is 13.2. The van der Waals surface area contributed by atoms with Crippen LogP contribution >= 0.6 is 0 Å². The first-order chi connectivity index (χ1) is 10.8. The second kappa shape index (κ2) is 5.31. The quantitative estimate of drug-likeness (QED) is 0.722. The molecule has 5 fully saturated rings. The predicted octanol–water partition coefficient (Wildman–Crippen LogP) is 2.50. The molecule has 2 N–H and O–H groups in total. The van der Waals surface area contributed by atoms with Crippen LogP contribution in [0.2, 0.25) is 0 Å². The smallest absolute Gasteiger partial charge is 0.153 e. The van der Waals surface area contributed by atoms with Crippen molar-refractivity contribution in [3.8, 4) is 0 Å². The molecule has 122 valence electrons. The number of rotatable bonds is 0. The van der Waals surface area contributed by atoms with Crippen LogP contribution in [0.15, 0.2) is 0 Å². The average molecular weight is 302 g/mol. The number of hydrogen-bond acceptors (Lipinski definition) is 3. The third-order valence-corrected chi connectivity index (χ3v) is 7.87. The van der Waals surface area contributed by atoms with E-state index in [-0.39, 0.29) is 6.04 Å². The topological polar surface area (TPSA) is 41.1 Å². The van der Waals surface area contributed by atoms with Crippen LogP contribution in [0, 0.1) is 29.6 Å². The second-order valence-corrected chi connectivity index (χ2v) is 8.67. The van der Waals surface area contributed by atoms with Gasteiger partial charge in [0, 0.05) is 23.9 Å². The molecular weight excluding hydrogens is 272 g/mol. The van der Waals surface area contributed by atoms with Crippen molar-refractivity contribution in [2.75, 3.05) is 6.54 Å². The fourth-order valence-electron chi connectivity index (χ4n) is 7.07. The highest BCUT2D eigenvalue weighted by Crippen LogP contribution is 2.51. The predicted molar refractivity (Wildman–Crippen MR) is 86.5 cm³/mol. The van der Waals surface area contributed by atoms with Crippen molar-refractivity contribution in [3.63, 3.8) is 0 Å². The van der Waals surface area contributed by atoms with Crippen molar-refractivity contribution in [2.45, 2.75) is 75.9 Å². The first-order valence-corrected chi connectivity index (χ1v) is 9.88. The van der Waals surface area contributed by atoms with Gasteiger partial charge in [-0.1, -0.05) is 25.7 Å². The summed E-state index contributed by atoms with van der Waals surface area (Å²) >= 11 is 0. The molecule has 3 heteroatoms. The van der Waals surface area contributed by atoms with Crippen LogP contribution in [-0.4, -0.2) is 30.5 Å². The number of piperidine rings is 2. The van der Waals surface area contributed by atoms with E-state index in [4.69, 9.17) is 0 Å². The highest BCUT2D eigenvalue weighted by molar-refractivity contribution is 5.88. The Balaban J connectivity index is 1.51. The number of hydrogen-bond donors (Lipinski definition) is 2. The van der Waals surface area contributed by atoms with Crippen molar-refractivity contribution in [1.29, 1.82) is 0 Å². The summed E-state index contributed by atoms with van der Waals surface area (Å²) in [5.74, 6) is 3.87. The number of carbonyl (C=O) groups is 1. The van der Waals surface area contributed by atoms with Crippen molar-refractivity contribution in [2.24, 2.45) is 29.6 Å². The van der Waals surface area contributed by atoms with Gasteiger partial charge in [-0.2, -0.15) is 0 Å². The summed E-state index contributed by atoms with van der Waals surface area (Å²) in [6.07, 6.45) is 11.9. The molecule has 0 aromatic heterocycles. The standard InChI is InChI=1S/C19H30N2O/c22-19-14-7-2-1-6-13(14)17-16-12(9-10-20-17)11-5-3-4-8-15(11)21-18(16)19/h11-18,20-21H,1-10H2. The zero-order chi connectivity index (χ0) is 14.7. The Kier molecular flexibility index (Phi) is 3.37. The second-order valence-electron chi connectivity index (χ2n) is 8.67. The largest absolute Gasteiger partial charge is 0.313 e. The maximum Gasteiger partial charge on any atom is 0.153 e. The monoisotopic (exact) mass is 302 g/mol. The number of Topliss-reactive ketones (excluding diaryl/α,β-unsaturated/α-hetero) is 1. The molecule has 3 nitrogen and oxygen atoms in total. The normalized spacial score (nSPS) is 54.1. The summed E-state index contributed by atoms with van der Waals surface area (Å²) in [6.45, 7) is 1.19. The molecule has 22 heavy (non-hydrogen) atoms. The molecule has 0 amide bonds. The molecule has 2 heterocycles. The molecule has 0 spiro atoms. The van der Waals surface area contributed by atoms with E-state index in [1.807, 2.05) is 0 Å². The van der Waals surface area contributed by atoms with E-state index in [9.17, 15) is 4.79 Å². The zero-order valence-electron chi connectivity index (χ0n) is 13.6.